The van der Waals surface area contributed by atoms with E-state index >= 15 is 0 Å². The lowest BCUT2D eigenvalue weighted by atomic mass is 10.0. The maximum Gasteiger partial charge on any atom is 0.255 e. The summed E-state index contributed by atoms with van der Waals surface area (Å²) in [4.78, 5) is 28.8. The third-order valence-electron chi connectivity index (χ3n) is 6.12. The molecular weight excluding hydrogens is 378 g/mol. The van der Waals surface area contributed by atoms with E-state index in [-0.39, 0.29) is 11.8 Å². The summed E-state index contributed by atoms with van der Waals surface area (Å²) in [6.45, 7) is 8.62. The van der Waals surface area contributed by atoms with Crippen molar-refractivity contribution in [3.63, 3.8) is 0 Å². The van der Waals surface area contributed by atoms with Crippen molar-refractivity contribution in [1.82, 2.24) is 15.1 Å². The highest BCUT2D eigenvalue weighted by Gasteiger charge is 2.28. The van der Waals surface area contributed by atoms with Crippen LogP contribution in [0.3, 0.4) is 0 Å². The molecule has 0 spiro atoms. The smallest absolute Gasteiger partial charge is 0.255 e. The van der Waals surface area contributed by atoms with Crippen LogP contribution in [0, 0.1) is 13.8 Å². The Bertz CT molecular complexity index is 917. The summed E-state index contributed by atoms with van der Waals surface area (Å²) in [6.07, 6.45) is 3.21. The lowest BCUT2D eigenvalue weighted by Crippen LogP contribution is -2.33. The molecule has 0 saturated carbocycles. The molecule has 6 heteroatoms. The van der Waals surface area contributed by atoms with Crippen molar-refractivity contribution in [2.75, 3.05) is 26.2 Å². The highest BCUT2D eigenvalue weighted by atomic mass is 16.3. The number of benzene rings is 1. The van der Waals surface area contributed by atoms with E-state index in [1.807, 2.05) is 11.8 Å². The zero-order valence-corrected chi connectivity index (χ0v) is 18.0. The first-order valence-corrected chi connectivity index (χ1v) is 11.0. The third-order valence-corrected chi connectivity index (χ3v) is 6.12. The fourth-order valence-electron chi connectivity index (χ4n) is 4.47. The first kappa shape index (κ1) is 20.7. The Morgan fingerprint density at radius 1 is 1.13 bits per heavy atom. The molecule has 1 fully saturated rings. The molecule has 2 amide bonds. The zero-order valence-electron chi connectivity index (χ0n) is 18.0. The second-order valence-corrected chi connectivity index (χ2v) is 8.48. The van der Waals surface area contributed by atoms with Gasteiger partial charge < -0.3 is 14.6 Å². The number of furan rings is 1. The van der Waals surface area contributed by atoms with Gasteiger partial charge in [0, 0.05) is 57.7 Å². The van der Waals surface area contributed by atoms with Gasteiger partial charge >= 0.3 is 0 Å². The molecule has 2 aliphatic rings. The Kier molecular flexibility index (Phi) is 6.23. The molecule has 160 valence electrons. The topological polar surface area (TPSA) is 65.8 Å². The van der Waals surface area contributed by atoms with Crippen LogP contribution in [0.2, 0.25) is 0 Å². The molecule has 4 rings (SSSR count). The number of aryl methyl sites for hydroxylation is 2. The van der Waals surface area contributed by atoms with Gasteiger partial charge in [-0.25, -0.2) is 0 Å². The van der Waals surface area contributed by atoms with Crippen LogP contribution in [-0.4, -0.2) is 47.8 Å². The lowest BCUT2D eigenvalue weighted by molar-refractivity contribution is -0.127. The fraction of sp³-hybridized carbons (Fsp3) is 0.500. The highest BCUT2D eigenvalue weighted by Crippen LogP contribution is 2.29. The van der Waals surface area contributed by atoms with Gasteiger partial charge in [-0.3, -0.25) is 14.5 Å². The molecule has 1 N–H and O–H groups in total. The molecule has 2 aromatic rings. The Hall–Kier alpha value is -2.60. The Labute approximate surface area is 178 Å². The third kappa shape index (κ3) is 4.59. The van der Waals surface area contributed by atoms with Crippen molar-refractivity contribution >= 4 is 11.8 Å². The standard InChI is InChI=1S/C24H31N3O3/c1-17-6-8-19(9-7-17)15-26-14-10-21-20(16-26)23(18(2)30-21)24(29)25-11-4-13-27-12-3-5-22(27)28/h6-9H,3-5,10-16H2,1-2H3,(H,25,29). The van der Waals surface area contributed by atoms with Gasteiger partial charge in [0.25, 0.3) is 5.91 Å². The van der Waals surface area contributed by atoms with Gasteiger partial charge in [-0.2, -0.15) is 0 Å². The molecule has 1 aromatic carbocycles. The summed E-state index contributed by atoms with van der Waals surface area (Å²) in [5.41, 5.74) is 4.26. The molecule has 0 aliphatic carbocycles. The molecule has 1 saturated heterocycles. The van der Waals surface area contributed by atoms with Gasteiger partial charge in [-0.1, -0.05) is 29.8 Å². The predicted molar refractivity (Wildman–Crippen MR) is 115 cm³/mol. The van der Waals surface area contributed by atoms with Crippen LogP contribution in [-0.2, 0) is 24.3 Å². The van der Waals surface area contributed by atoms with Gasteiger partial charge in [0.1, 0.15) is 11.5 Å². The quantitative estimate of drug-likeness (QED) is 0.714. The van der Waals surface area contributed by atoms with Crippen molar-refractivity contribution < 1.29 is 14.0 Å². The van der Waals surface area contributed by atoms with Crippen LogP contribution in [0.5, 0.6) is 0 Å². The first-order valence-electron chi connectivity index (χ1n) is 11.0. The Morgan fingerprint density at radius 3 is 2.67 bits per heavy atom. The predicted octanol–water partition coefficient (Wildman–Crippen LogP) is 3.20. The van der Waals surface area contributed by atoms with Crippen molar-refractivity contribution in [3.8, 4) is 0 Å². The van der Waals surface area contributed by atoms with Crippen LogP contribution < -0.4 is 5.32 Å². The van der Waals surface area contributed by atoms with Crippen molar-refractivity contribution in [2.24, 2.45) is 0 Å². The number of nitrogens with one attached hydrogen (secondary N) is 1. The number of hydrogen-bond acceptors (Lipinski definition) is 4. The van der Waals surface area contributed by atoms with E-state index in [0.29, 0.717) is 30.8 Å². The van der Waals surface area contributed by atoms with E-state index < -0.39 is 0 Å². The normalized spacial score (nSPS) is 16.7. The molecule has 6 nitrogen and oxygen atoms in total. The molecule has 0 atom stereocenters. The van der Waals surface area contributed by atoms with Gasteiger partial charge in [-0.15, -0.1) is 0 Å². The minimum absolute atomic E-state index is 0.0672. The average molecular weight is 410 g/mol. The minimum Gasteiger partial charge on any atom is -0.465 e. The number of amides is 2. The van der Waals surface area contributed by atoms with Crippen LogP contribution in [0.1, 0.15) is 57.8 Å². The molecular formula is C24H31N3O3. The molecule has 0 radical (unpaired) electrons. The van der Waals surface area contributed by atoms with Crippen LogP contribution in [0.25, 0.3) is 0 Å². The average Bonchev–Trinajstić information content (AvgIpc) is 3.28. The van der Waals surface area contributed by atoms with Crippen LogP contribution in [0.15, 0.2) is 28.7 Å². The number of rotatable bonds is 7. The highest BCUT2D eigenvalue weighted by molar-refractivity contribution is 5.97. The zero-order chi connectivity index (χ0) is 21.1. The van der Waals surface area contributed by atoms with E-state index in [9.17, 15) is 9.59 Å². The number of nitrogens with zero attached hydrogens (tertiary/aromatic N) is 2. The number of hydrogen-bond donors (Lipinski definition) is 1. The summed E-state index contributed by atoms with van der Waals surface area (Å²) in [5.74, 6) is 1.81. The minimum atomic E-state index is -0.0672. The number of carbonyl (C=O) groups is 2. The van der Waals surface area contributed by atoms with E-state index in [4.69, 9.17) is 4.42 Å². The summed E-state index contributed by atoms with van der Waals surface area (Å²) in [6, 6.07) is 8.62. The number of likely N-dealkylation sites (tertiary alicyclic amines) is 1. The number of fused-ring (bicyclic) bond motifs is 1. The number of carbonyl (C=O) groups excluding carboxylic acids is 2. The molecule has 30 heavy (non-hydrogen) atoms. The summed E-state index contributed by atoms with van der Waals surface area (Å²) in [7, 11) is 0. The maximum absolute atomic E-state index is 12.9. The van der Waals surface area contributed by atoms with E-state index in [0.717, 1.165) is 56.8 Å². The maximum atomic E-state index is 12.9. The van der Waals surface area contributed by atoms with Crippen molar-refractivity contribution in [1.29, 1.82) is 0 Å². The van der Waals surface area contributed by atoms with E-state index in [1.165, 1.54) is 11.1 Å². The van der Waals surface area contributed by atoms with Gasteiger partial charge in [0.2, 0.25) is 5.91 Å². The largest absolute Gasteiger partial charge is 0.465 e. The van der Waals surface area contributed by atoms with Gasteiger partial charge in [-0.05, 0) is 32.3 Å². The second kappa shape index (κ2) is 9.04. The lowest BCUT2D eigenvalue weighted by Gasteiger charge is -2.26. The molecule has 1 aromatic heterocycles. The summed E-state index contributed by atoms with van der Waals surface area (Å²) in [5, 5.41) is 3.03. The first-order chi connectivity index (χ1) is 14.5. The van der Waals surface area contributed by atoms with Gasteiger partial charge in [0.05, 0.1) is 5.56 Å². The fourth-order valence-corrected chi connectivity index (χ4v) is 4.47. The van der Waals surface area contributed by atoms with Crippen molar-refractivity contribution in [2.45, 2.75) is 52.6 Å². The van der Waals surface area contributed by atoms with E-state index in [1.54, 1.807) is 0 Å². The van der Waals surface area contributed by atoms with Crippen LogP contribution >= 0.6 is 0 Å². The summed E-state index contributed by atoms with van der Waals surface area (Å²) >= 11 is 0. The van der Waals surface area contributed by atoms with E-state index in [2.05, 4.69) is 41.4 Å². The summed E-state index contributed by atoms with van der Waals surface area (Å²) < 4.78 is 5.93. The second-order valence-electron chi connectivity index (χ2n) is 8.48. The monoisotopic (exact) mass is 409 g/mol. The Morgan fingerprint density at radius 2 is 1.93 bits per heavy atom. The van der Waals surface area contributed by atoms with Gasteiger partial charge in [0.15, 0.2) is 0 Å². The molecule has 3 heterocycles. The van der Waals surface area contributed by atoms with Crippen molar-refractivity contribution in [3.05, 3.63) is 58.0 Å². The SMILES string of the molecule is Cc1ccc(CN2CCc3oc(C)c(C(=O)NCCCN4CCCC4=O)c3C2)cc1. The molecule has 0 unspecified atom stereocenters. The van der Waals surface area contributed by atoms with Crippen LogP contribution in [0.4, 0.5) is 0 Å². The molecule has 0 bridgehead atoms. The molecule has 2 aliphatic heterocycles. The Balaban J connectivity index is 1.35.